The summed E-state index contributed by atoms with van der Waals surface area (Å²) in [5.41, 5.74) is 7.37. The van der Waals surface area contributed by atoms with Crippen LogP contribution in [0.1, 0.15) is 90.2 Å². The van der Waals surface area contributed by atoms with Crippen LogP contribution in [-0.2, 0) is 20.4 Å². The highest BCUT2D eigenvalue weighted by Gasteiger charge is 2.43. The number of carbonyl (C=O) groups is 2. The minimum Gasteiger partial charge on any atom is -1.00 e. The molecule has 2 aliphatic rings. The van der Waals surface area contributed by atoms with Crippen LogP contribution in [0.15, 0.2) is 96.8 Å². The maximum atomic E-state index is 10.9. The maximum absolute atomic E-state index is 10.9. The Kier molecular flexibility index (Phi) is 13.4. The van der Waals surface area contributed by atoms with Crippen LogP contribution in [0.4, 0.5) is 11.4 Å². The normalized spacial score (nSPS) is 17.3. The van der Waals surface area contributed by atoms with Gasteiger partial charge in [0.25, 0.3) is 0 Å². The lowest BCUT2D eigenvalue weighted by Crippen LogP contribution is -3.00. The SMILES string of the molecule is CC1(C)C(/C=C/C=C/C=C/C=C2/N(CCCCCC(=O)O)c3ccccc3C2(C)C)=[N+](CCCCCC(=O)O)c2ccccc21.[Br-]. The molecule has 2 aromatic carbocycles. The number of carboxylic acid groups (broad SMARTS) is 2. The van der Waals surface area contributed by atoms with Crippen molar-refractivity contribution in [2.24, 2.45) is 0 Å². The summed E-state index contributed by atoms with van der Waals surface area (Å²) >= 11 is 0. The van der Waals surface area contributed by atoms with E-state index < -0.39 is 11.9 Å². The molecule has 0 fully saturated rings. The lowest BCUT2D eigenvalue weighted by molar-refractivity contribution is -0.438. The Morgan fingerprint density at radius 3 is 2.00 bits per heavy atom. The van der Waals surface area contributed by atoms with Crippen molar-refractivity contribution in [1.82, 2.24) is 0 Å². The average Bonchev–Trinajstić information content (AvgIpc) is 3.35. The van der Waals surface area contributed by atoms with Gasteiger partial charge in [0.2, 0.25) is 5.69 Å². The number of anilines is 1. The minimum atomic E-state index is -0.728. The number of allylic oxidation sites excluding steroid dienone is 8. The van der Waals surface area contributed by atoms with Crippen LogP contribution in [0.25, 0.3) is 0 Å². The molecular formula is C39H49BrN2O4. The van der Waals surface area contributed by atoms with Gasteiger partial charge in [-0.3, -0.25) is 9.59 Å². The van der Waals surface area contributed by atoms with Gasteiger partial charge in [0, 0.05) is 60.3 Å². The van der Waals surface area contributed by atoms with E-state index in [0.29, 0.717) is 12.8 Å². The van der Waals surface area contributed by atoms with Crippen LogP contribution in [0.5, 0.6) is 0 Å². The average molecular weight is 690 g/mol. The van der Waals surface area contributed by atoms with Crippen molar-refractivity contribution in [3.8, 4) is 0 Å². The first kappa shape index (κ1) is 36.8. The zero-order chi connectivity index (χ0) is 32.5. The summed E-state index contributed by atoms with van der Waals surface area (Å²) < 4.78 is 2.40. The van der Waals surface area contributed by atoms with Crippen LogP contribution in [0, 0.1) is 0 Å². The van der Waals surface area contributed by atoms with Crippen molar-refractivity contribution in [2.75, 3.05) is 18.0 Å². The molecule has 246 valence electrons. The summed E-state index contributed by atoms with van der Waals surface area (Å²) in [5, 5.41) is 17.9. The smallest absolute Gasteiger partial charge is 0.303 e. The van der Waals surface area contributed by atoms with E-state index >= 15 is 0 Å². The number of halogens is 1. The van der Waals surface area contributed by atoms with Crippen molar-refractivity contribution in [3.05, 3.63) is 108 Å². The molecule has 4 rings (SSSR count). The fraction of sp³-hybridized carbons (Fsp3) is 0.410. The number of unbranched alkanes of at least 4 members (excludes halogenated alkanes) is 4. The lowest BCUT2D eigenvalue weighted by Gasteiger charge is -2.27. The third-order valence-corrected chi connectivity index (χ3v) is 9.10. The molecule has 0 aliphatic carbocycles. The molecule has 7 heteroatoms. The van der Waals surface area contributed by atoms with Gasteiger partial charge >= 0.3 is 11.9 Å². The molecule has 0 unspecified atom stereocenters. The summed E-state index contributed by atoms with van der Waals surface area (Å²) in [6.45, 7) is 10.8. The van der Waals surface area contributed by atoms with E-state index in [9.17, 15) is 9.59 Å². The molecule has 0 radical (unpaired) electrons. The number of hydrogen-bond acceptors (Lipinski definition) is 3. The third-order valence-electron chi connectivity index (χ3n) is 9.10. The van der Waals surface area contributed by atoms with Crippen molar-refractivity contribution in [3.63, 3.8) is 0 Å². The van der Waals surface area contributed by atoms with E-state index in [1.54, 1.807) is 0 Å². The Balaban J connectivity index is 0.00000576. The molecule has 2 aliphatic heterocycles. The van der Waals surface area contributed by atoms with Crippen molar-refractivity contribution in [1.29, 1.82) is 0 Å². The van der Waals surface area contributed by atoms with E-state index in [-0.39, 0.29) is 40.7 Å². The van der Waals surface area contributed by atoms with Crippen LogP contribution in [0.3, 0.4) is 0 Å². The summed E-state index contributed by atoms with van der Waals surface area (Å²) in [6.07, 6.45) is 20.4. The third kappa shape index (κ3) is 8.75. The minimum absolute atomic E-state index is 0. The molecule has 0 spiro atoms. The van der Waals surface area contributed by atoms with Gasteiger partial charge in [0.05, 0.1) is 5.41 Å². The van der Waals surface area contributed by atoms with E-state index in [1.807, 2.05) is 0 Å². The van der Waals surface area contributed by atoms with Gasteiger partial charge in [-0.15, -0.1) is 0 Å². The fourth-order valence-electron chi connectivity index (χ4n) is 6.70. The predicted octanol–water partition coefficient (Wildman–Crippen LogP) is 5.71. The van der Waals surface area contributed by atoms with Crippen LogP contribution in [0.2, 0.25) is 0 Å². The molecule has 2 heterocycles. The second kappa shape index (κ2) is 16.7. The monoisotopic (exact) mass is 688 g/mol. The first-order valence-corrected chi connectivity index (χ1v) is 16.3. The van der Waals surface area contributed by atoms with Crippen molar-refractivity contribution in [2.45, 2.75) is 89.9 Å². The molecule has 0 saturated heterocycles. The second-order valence-electron chi connectivity index (χ2n) is 13.1. The standard InChI is InChI=1S/C39H48N2O4.BrH/c1-38(2)30-20-14-16-22-32(30)40(28-18-8-12-26-36(42)43)34(38)24-10-6-5-7-11-25-35-39(3,4)31-21-15-17-23-33(31)41(35)29-19-9-13-27-37(44)45;/h5-7,10-11,14-17,20-25H,8-9,12-13,18-19,26-29H2,1-4H3,(H-,42,43,44,45);1H. The predicted molar refractivity (Wildman–Crippen MR) is 184 cm³/mol. The summed E-state index contributed by atoms with van der Waals surface area (Å²) in [4.78, 5) is 24.2. The number of para-hydroxylation sites is 2. The molecule has 0 atom stereocenters. The van der Waals surface area contributed by atoms with Gasteiger partial charge in [0.15, 0.2) is 5.71 Å². The number of nitrogens with zero attached hydrogens (tertiary/aromatic N) is 2. The Morgan fingerprint density at radius 2 is 1.30 bits per heavy atom. The highest BCUT2D eigenvalue weighted by Crippen LogP contribution is 2.47. The van der Waals surface area contributed by atoms with Gasteiger partial charge in [-0.05, 0) is 57.2 Å². The largest absolute Gasteiger partial charge is 1.00 e. The van der Waals surface area contributed by atoms with E-state index in [4.69, 9.17) is 10.2 Å². The highest BCUT2D eigenvalue weighted by molar-refractivity contribution is 6.03. The molecular weight excluding hydrogens is 640 g/mol. The number of benzene rings is 2. The van der Waals surface area contributed by atoms with Gasteiger partial charge < -0.3 is 32.1 Å². The number of aliphatic carboxylic acids is 2. The molecule has 2 N–H and O–H groups in total. The Morgan fingerprint density at radius 1 is 0.717 bits per heavy atom. The Bertz CT molecular complexity index is 1530. The first-order chi connectivity index (χ1) is 21.5. The van der Waals surface area contributed by atoms with E-state index in [0.717, 1.165) is 38.8 Å². The van der Waals surface area contributed by atoms with Crippen LogP contribution in [-0.4, -0.2) is 45.5 Å². The van der Waals surface area contributed by atoms with Gasteiger partial charge in [-0.25, -0.2) is 0 Å². The Hall–Kier alpha value is -3.71. The Labute approximate surface area is 285 Å². The lowest BCUT2D eigenvalue weighted by atomic mass is 9.81. The van der Waals surface area contributed by atoms with E-state index in [2.05, 4.69) is 128 Å². The molecule has 0 amide bonds. The quantitative estimate of drug-likeness (QED) is 0.134. The number of rotatable bonds is 16. The molecule has 2 aromatic rings. The van der Waals surface area contributed by atoms with Crippen molar-refractivity contribution >= 4 is 29.0 Å². The summed E-state index contributed by atoms with van der Waals surface area (Å²) in [6, 6.07) is 17.2. The molecule has 0 saturated carbocycles. The summed E-state index contributed by atoms with van der Waals surface area (Å²) in [5.74, 6) is -1.46. The maximum Gasteiger partial charge on any atom is 0.303 e. The number of carboxylic acids is 2. The van der Waals surface area contributed by atoms with Crippen molar-refractivity contribution < 1.29 is 41.4 Å². The molecule has 6 nitrogen and oxygen atoms in total. The zero-order valence-corrected chi connectivity index (χ0v) is 29.3. The van der Waals surface area contributed by atoms with Gasteiger partial charge in [0.1, 0.15) is 6.54 Å². The van der Waals surface area contributed by atoms with Crippen LogP contribution >= 0.6 is 0 Å². The van der Waals surface area contributed by atoms with E-state index in [1.165, 1.54) is 33.9 Å². The van der Waals surface area contributed by atoms with Gasteiger partial charge in [-0.2, -0.15) is 4.58 Å². The first-order valence-electron chi connectivity index (χ1n) is 16.3. The second-order valence-corrected chi connectivity index (χ2v) is 13.1. The summed E-state index contributed by atoms with van der Waals surface area (Å²) in [7, 11) is 0. The molecule has 0 aromatic heterocycles. The fourth-order valence-corrected chi connectivity index (χ4v) is 6.70. The number of fused-ring (bicyclic) bond motifs is 2. The topological polar surface area (TPSA) is 80.9 Å². The van der Waals surface area contributed by atoms with Crippen LogP contribution < -0.4 is 21.9 Å². The highest BCUT2D eigenvalue weighted by atomic mass is 79.9. The van der Waals surface area contributed by atoms with Gasteiger partial charge in [-0.1, -0.05) is 87.0 Å². The molecule has 0 bridgehead atoms. The zero-order valence-electron chi connectivity index (χ0n) is 27.7. The molecule has 46 heavy (non-hydrogen) atoms. The number of hydrogen-bond donors (Lipinski definition) is 2.